The van der Waals surface area contributed by atoms with Crippen LogP contribution >= 0.6 is 0 Å². The summed E-state index contributed by atoms with van der Waals surface area (Å²) in [5, 5.41) is 9.70. The van der Waals surface area contributed by atoms with Crippen LogP contribution in [0.1, 0.15) is 20.8 Å². The average molecular weight is 195 g/mol. The fraction of sp³-hybridized carbons (Fsp3) is 0.600. The number of rotatable bonds is 4. The Hall–Kier alpha value is -1.16. The Morgan fingerprint density at radius 3 is 2.64 bits per heavy atom. The summed E-state index contributed by atoms with van der Waals surface area (Å²) in [6, 6.07) is 1.84. The minimum absolute atomic E-state index is 0.570. The first-order valence-corrected chi connectivity index (χ1v) is 4.76. The molecule has 14 heavy (non-hydrogen) atoms. The van der Waals surface area contributed by atoms with Gasteiger partial charge in [0.15, 0.2) is 0 Å². The van der Waals surface area contributed by atoms with E-state index in [4.69, 9.17) is 0 Å². The van der Waals surface area contributed by atoms with Crippen molar-refractivity contribution < 1.29 is 5.11 Å². The molecule has 0 fully saturated rings. The molecule has 0 unspecified atom stereocenters. The molecule has 1 rings (SSSR count). The summed E-state index contributed by atoms with van der Waals surface area (Å²) in [6.07, 6.45) is 3.22. The lowest BCUT2D eigenvalue weighted by Crippen LogP contribution is -2.39. The molecule has 0 radical (unpaired) electrons. The molecule has 0 saturated heterocycles. The molecule has 0 spiro atoms. The molecule has 1 aromatic heterocycles. The van der Waals surface area contributed by atoms with Gasteiger partial charge in [-0.25, -0.2) is 9.97 Å². The van der Waals surface area contributed by atoms with Crippen molar-refractivity contribution in [2.45, 2.75) is 26.4 Å². The summed E-state index contributed by atoms with van der Waals surface area (Å²) < 4.78 is 0. The molecule has 0 aliphatic rings. The average Bonchev–Trinajstić information content (AvgIpc) is 2.14. The van der Waals surface area contributed by atoms with Gasteiger partial charge in [-0.2, -0.15) is 0 Å². The zero-order chi connectivity index (χ0) is 10.6. The Bertz CT molecular complexity index is 268. The van der Waals surface area contributed by atoms with E-state index in [1.54, 1.807) is 20.0 Å². The summed E-state index contributed by atoms with van der Waals surface area (Å²) in [5.74, 6) is 0.852. The first-order chi connectivity index (χ1) is 6.53. The van der Waals surface area contributed by atoms with Crippen LogP contribution in [0.4, 0.5) is 5.82 Å². The molecule has 0 atom stereocenters. The van der Waals surface area contributed by atoms with Crippen LogP contribution in [0.2, 0.25) is 0 Å². The van der Waals surface area contributed by atoms with Crippen LogP contribution in [0.15, 0.2) is 18.6 Å². The molecular formula is C10H17N3O. The molecule has 0 aromatic carbocycles. The van der Waals surface area contributed by atoms with Crippen LogP contribution in [-0.2, 0) is 0 Å². The van der Waals surface area contributed by atoms with Crippen molar-refractivity contribution in [1.29, 1.82) is 0 Å². The molecule has 0 bridgehead atoms. The van der Waals surface area contributed by atoms with E-state index in [1.165, 1.54) is 6.33 Å². The molecule has 0 aliphatic carbocycles. The van der Waals surface area contributed by atoms with E-state index in [9.17, 15) is 5.11 Å². The summed E-state index contributed by atoms with van der Waals surface area (Å²) in [5.41, 5.74) is -0.707. The van der Waals surface area contributed by atoms with E-state index in [1.807, 2.05) is 17.9 Å². The third-order valence-electron chi connectivity index (χ3n) is 1.85. The van der Waals surface area contributed by atoms with Crippen molar-refractivity contribution in [3.63, 3.8) is 0 Å². The van der Waals surface area contributed by atoms with Gasteiger partial charge in [0.25, 0.3) is 0 Å². The maximum atomic E-state index is 9.70. The van der Waals surface area contributed by atoms with Gasteiger partial charge in [0.2, 0.25) is 0 Å². The van der Waals surface area contributed by atoms with Crippen LogP contribution in [0.3, 0.4) is 0 Å². The summed E-state index contributed by atoms with van der Waals surface area (Å²) in [7, 11) is 0. The number of aromatic nitrogens is 2. The monoisotopic (exact) mass is 195 g/mol. The van der Waals surface area contributed by atoms with Gasteiger partial charge in [-0.1, -0.05) is 0 Å². The van der Waals surface area contributed by atoms with Gasteiger partial charge in [-0.05, 0) is 26.8 Å². The van der Waals surface area contributed by atoms with Crippen molar-refractivity contribution in [1.82, 2.24) is 9.97 Å². The van der Waals surface area contributed by atoms with E-state index < -0.39 is 5.60 Å². The molecule has 1 aromatic rings. The SMILES string of the molecule is CCN(CC(C)(C)O)c1ccncn1. The largest absolute Gasteiger partial charge is 0.389 e. The highest BCUT2D eigenvalue weighted by Crippen LogP contribution is 2.12. The van der Waals surface area contributed by atoms with Gasteiger partial charge in [-0.15, -0.1) is 0 Å². The number of hydrogen-bond acceptors (Lipinski definition) is 4. The number of anilines is 1. The fourth-order valence-corrected chi connectivity index (χ4v) is 1.29. The van der Waals surface area contributed by atoms with Gasteiger partial charge in [0.1, 0.15) is 12.1 Å². The Balaban J connectivity index is 2.73. The molecule has 0 aliphatic heterocycles. The normalized spacial score (nSPS) is 11.4. The minimum Gasteiger partial charge on any atom is -0.389 e. The second-order valence-electron chi connectivity index (χ2n) is 3.89. The van der Waals surface area contributed by atoms with E-state index >= 15 is 0 Å². The molecule has 4 nitrogen and oxygen atoms in total. The minimum atomic E-state index is -0.707. The van der Waals surface area contributed by atoms with Crippen LogP contribution < -0.4 is 4.90 Å². The predicted octanol–water partition coefficient (Wildman–Crippen LogP) is 1.07. The molecule has 0 amide bonds. The lowest BCUT2D eigenvalue weighted by atomic mass is 10.1. The second kappa shape index (κ2) is 4.37. The van der Waals surface area contributed by atoms with Crippen molar-refractivity contribution >= 4 is 5.82 Å². The second-order valence-corrected chi connectivity index (χ2v) is 3.89. The Morgan fingerprint density at radius 2 is 2.21 bits per heavy atom. The van der Waals surface area contributed by atoms with Crippen LogP contribution in [-0.4, -0.2) is 33.8 Å². The number of likely N-dealkylation sites (N-methyl/N-ethyl adjacent to an activating group) is 1. The Morgan fingerprint density at radius 1 is 1.50 bits per heavy atom. The maximum absolute atomic E-state index is 9.70. The van der Waals surface area contributed by atoms with Gasteiger partial charge >= 0.3 is 0 Å². The Kier molecular flexibility index (Phi) is 3.41. The summed E-state index contributed by atoms with van der Waals surface area (Å²) in [6.45, 7) is 7.00. The first kappa shape index (κ1) is 10.9. The summed E-state index contributed by atoms with van der Waals surface area (Å²) >= 11 is 0. The molecule has 4 heteroatoms. The van der Waals surface area contributed by atoms with Crippen molar-refractivity contribution in [3.05, 3.63) is 18.6 Å². The highest BCUT2D eigenvalue weighted by Gasteiger charge is 2.17. The number of hydrogen-bond donors (Lipinski definition) is 1. The standard InChI is InChI=1S/C10H17N3O/c1-4-13(7-10(2,3)14)9-5-6-11-8-12-9/h5-6,8,14H,4,7H2,1-3H3. The van der Waals surface area contributed by atoms with E-state index in [-0.39, 0.29) is 0 Å². The fourth-order valence-electron chi connectivity index (χ4n) is 1.29. The third kappa shape index (κ3) is 3.30. The van der Waals surface area contributed by atoms with Gasteiger partial charge < -0.3 is 10.0 Å². The van der Waals surface area contributed by atoms with Crippen molar-refractivity contribution in [2.24, 2.45) is 0 Å². The highest BCUT2D eigenvalue weighted by atomic mass is 16.3. The topological polar surface area (TPSA) is 49.2 Å². The highest BCUT2D eigenvalue weighted by molar-refractivity contribution is 5.36. The van der Waals surface area contributed by atoms with E-state index in [0.717, 1.165) is 12.4 Å². The van der Waals surface area contributed by atoms with E-state index in [0.29, 0.717) is 6.54 Å². The van der Waals surface area contributed by atoms with Gasteiger partial charge in [-0.3, -0.25) is 0 Å². The first-order valence-electron chi connectivity index (χ1n) is 4.76. The third-order valence-corrected chi connectivity index (χ3v) is 1.85. The zero-order valence-electron chi connectivity index (χ0n) is 8.94. The molecule has 78 valence electrons. The lowest BCUT2D eigenvalue weighted by Gasteiger charge is -2.28. The Labute approximate surface area is 84.6 Å². The van der Waals surface area contributed by atoms with Gasteiger partial charge in [0.05, 0.1) is 5.60 Å². The van der Waals surface area contributed by atoms with Crippen LogP contribution in [0.5, 0.6) is 0 Å². The molecule has 1 heterocycles. The van der Waals surface area contributed by atoms with Crippen molar-refractivity contribution in [3.8, 4) is 0 Å². The zero-order valence-corrected chi connectivity index (χ0v) is 8.94. The quantitative estimate of drug-likeness (QED) is 0.781. The molecule has 1 N–H and O–H groups in total. The van der Waals surface area contributed by atoms with E-state index in [2.05, 4.69) is 9.97 Å². The van der Waals surface area contributed by atoms with Crippen molar-refractivity contribution in [2.75, 3.05) is 18.0 Å². The maximum Gasteiger partial charge on any atom is 0.131 e. The molecular weight excluding hydrogens is 178 g/mol. The number of nitrogens with zero attached hydrogens (tertiary/aromatic N) is 3. The smallest absolute Gasteiger partial charge is 0.131 e. The molecule has 0 saturated carbocycles. The van der Waals surface area contributed by atoms with Gasteiger partial charge in [0, 0.05) is 19.3 Å². The predicted molar refractivity (Wildman–Crippen MR) is 56.2 cm³/mol. The van der Waals surface area contributed by atoms with Crippen LogP contribution in [0, 0.1) is 0 Å². The lowest BCUT2D eigenvalue weighted by molar-refractivity contribution is 0.0874. The number of aliphatic hydroxyl groups is 1. The summed E-state index contributed by atoms with van der Waals surface area (Å²) in [4.78, 5) is 10.0. The van der Waals surface area contributed by atoms with Crippen LogP contribution in [0.25, 0.3) is 0 Å².